The minimum Gasteiger partial charge on any atom is -0.348 e. The second-order valence-electron chi connectivity index (χ2n) is 3.94. The van der Waals surface area contributed by atoms with Gasteiger partial charge in [0, 0.05) is 20.3 Å². The first-order valence-electron chi connectivity index (χ1n) is 5.36. The second-order valence-corrected chi connectivity index (χ2v) is 3.94. The lowest BCUT2D eigenvalue weighted by molar-refractivity contribution is -0.179. The molecule has 1 N–H and O–H groups in total. The molecule has 1 saturated carbocycles. The van der Waals surface area contributed by atoms with Crippen molar-refractivity contribution in [3.8, 4) is 0 Å². The van der Waals surface area contributed by atoms with Gasteiger partial charge in [-0.3, -0.25) is 0 Å². The highest BCUT2D eigenvalue weighted by molar-refractivity contribution is 4.85. The SMILES string of the molecule is CCNC1CCC2(CC1)OCCO2.[HH]. The molecule has 1 heterocycles. The molecular weight excluding hydrogens is 166 g/mol. The Balaban J connectivity index is 0.000000980. The van der Waals surface area contributed by atoms with Crippen molar-refractivity contribution < 1.29 is 10.9 Å². The van der Waals surface area contributed by atoms with Crippen LogP contribution in [0.3, 0.4) is 0 Å². The molecular formula is C10H21NO2. The molecule has 1 saturated heterocycles. The van der Waals surface area contributed by atoms with Gasteiger partial charge in [-0.2, -0.15) is 0 Å². The highest BCUT2D eigenvalue weighted by atomic mass is 16.7. The molecule has 0 unspecified atom stereocenters. The monoisotopic (exact) mass is 187 g/mol. The molecule has 0 amide bonds. The Hall–Kier alpha value is -0.120. The maximum Gasteiger partial charge on any atom is 0.168 e. The summed E-state index contributed by atoms with van der Waals surface area (Å²) in [5.41, 5.74) is 0. The van der Waals surface area contributed by atoms with E-state index in [0.29, 0.717) is 6.04 Å². The zero-order valence-corrected chi connectivity index (χ0v) is 8.34. The summed E-state index contributed by atoms with van der Waals surface area (Å²) in [5.74, 6) is -0.189. The van der Waals surface area contributed by atoms with Gasteiger partial charge in [-0.25, -0.2) is 0 Å². The average molecular weight is 187 g/mol. The third kappa shape index (κ3) is 2.03. The molecule has 0 aromatic carbocycles. The fourth-order valence-electron chi connectivity index (χ4n) is 2.34. The van der Waals surface area contributed by atoms with Crippen LogP contribution in [0.25, 0.3) is 0 Å². The van der Waals surface area contributed by atoms with Crippen LogP contribution in [-0.2, 0) is 9.47 Å². The molecule has 3 heteroatoms. The molecule has 2 aliphatic rings. The quantitative estimate of drug-likeness (QED) is 0.711. The minimum atomic E-state index is -0.189. The van der Waals surface area contributed by atoms with Gasteiger partial charge in [0.05, 0.1) is 13.2 Å². The van der Waals surface area contributed by atoms with Gasteiger partial charge in [0.1, 0.15) is 0 Å². The van der Waals surface area contributed by atoms with Crippen molar-refractivity contribution in [2.24, 2.45) is 0 Å². The Morgan fingerprint density at radius 2 is 1.92 bits per heavy atom. The maximum absolute atomic E-state index is 5.66. The molecule has 0 aromatic rings. The van der Waals surface area contributed by atoms with Crippen molar-refractivity contribution in [3.05, 3.63) is 0 Å². The van der Waals surface area contributed by atoms with Crippen LogP contribution in [-0.4, -0.2) is 31.6 Å². The summed E-state index contributed by atoms with van der Waals surface area (Å²) in [5, 5.41) is 3.48. The summed E-state index contributed by atoms with van der Waals surface area (Å²) in [4.78, 5) is 0. The smallest absolute Gasteiger partial charge is 0.168 e. The summed E-state index contributed by atoms with van der Waals surface area (Å²) in [6.07, 6.45) is 4.50. The van der Waals surface area contributed by atoms with Gasteiger partial charge >= 0.3 is 0 Å². The topological polar surface area (TPSA) is 30.5 Å². The van der Waals surface area contributed by atoms with Crippen LogP contribution in [0.2, 0.25) is 0 Å². The van der Waals surface area contributed by atoms with E-state index in [2.05, 4.69) is 12.2 Å². The molecule has 1 spiro atoms. The van der Waals surface area contributed by atoms with E-state index in [-0.39, 0.29) is 7.21 Å². The first kappa shape index (κ1) is 9.44. The molecule has 2 fully saturated rings. The van der Waals surface area contributed by atoms with Gasteiger partial charge in [0.25, 0.3) is 0 Å². The van der Waals surface area contributed by atoms with E-state index in [1.165, 1.54) is 12.8 Å². The predicted octanol–water partition coefficient (Wildman–Crippen LogP) is 1.53. The van der Waals surface area contributed by atoms with Crippen molar-refractivity contribution >= 4 is 0 Å². The van der Waals surface area contributed by atoms with Crippen LogP contribution >= 0.6 is 0 Å². The van der Waals surface area contributed by atoms with Crippen molar-refractivity contribution in [2.75, 3.05) is 19.8 Å². The van der Waals surface area contributed by atoms with Crippen molar-refractivity contribution in [3.63, 3.8) is 0 Å². The number of nitrogens with one attached hydrogen (secondary N) is 1. The van der Waals surface area contributed by atoms with Crippen LogP contribution in [0.1, 0.15) is 34.0 Å². The van der Waals surface area contributed by atoms with Crippen molar-refractivity contribution in [1.29, 1.82) is 0 Å². The van der Waals surface area contributed by atoms with E-state index < -0.39 is 0 Å². The highest BCUT2D eigenvalue weighted by Crippen LogP contribution is 2.35. The van der Waals surface area contributed by atoms with Gasteiger partial charge in [0.2, 0.25) is 0 Å². The van der Waals surface area contributed by atoms with E-state index in [4.69, 9.17) is 9.47 Å². The van der Waals surface area contributed by atoms with Gasteiger partial charge in [-0.1, -0.05) is 6.92 Å². The van der Waals surface area contributed by atoms with E-state index >= 15 is 0 Å². The van der Waals surface area contributed by atoms with Gasteiger partial charge < -0.3 is 14.8 Å². The van der Waals surface area contributed by atoms with E-state index in [9.17, 15) is 0 Å². The number of hydrogen-bond donors (Lipinski definition) is 1. The van der Waals surface area contributed by atoms with Crippen LogP contribution in [0, 0.1) is 0 Å². The summed E-state index contributed by atoms with van der Waals surface area (Å²) in [7, 11) is 0. The Morgan fingerprint density at radius 1 is 1.31 bits per heavy atom. The molecule has 0 radical (unpaired) electrons. The lowest BCUT2D eigenvalue weighted by atomic mass is 9.90. The van der Waals surface area contributed by atoms with E-state index in [1.807, 2.05) is 0 Å². The molecule has 78 valence electrons. The minimum absolute atomic E-state index is 0. The summed E-state index contributed by atoms with van der Waals surface area (Å²) >= 11 is 0. The summed E-state index contributed by atoms with van der Waals surface area (Å²) < 4.78 is 11.3. The van der Waals surface area contributed by atoms with E-state index in [1.54, 1.807) is 0 Å². The molecule has 13 heavy (non-hydrogen) atoms. The standard InChI is InChI=1S/C10H19NO2.H2/c1-2-11-9-3-5-10(6-4-9)12-7-8-13-10;/h9,11H,2-8H2,1H3;1H. The molecule has 0 aromatic heterocycles. The lowest BCUT2D eigenvalue weighted by Crippen LogP contribution is -2.41. The summed E-state index contributed by atoms with van der Waals surface area (Å²) in [6, 6.07) is 0.684. The number of ether oxygens (including phenoxy) is 2. The largest absolute Gasteiger partial charge is 0.348 e. The van der Waals surface area contributed by atoms with Gasteiger partial charge in [-0.05, 0) is 19.4 Å². The zero-order chi connectivity index (χ0) is 9.15. The zero-order valence-electron chi connectivity index (χ0n) is 8.34. The molecule has 0 bridgehead atoms. The second kappa shape index (κ2) is 3.95. The average Bonchev–Trinajstić information content (AvgIpc) is 2.59. The van der Waals surface area contributed by atoms with Crippen LogP contribution < -0.4 is 5.32 Å². The van der Waals surface area contributed by atoms with Crippen molar-refractivity contribution in [2.45, 2.75) is 44.4 Å². The van der Waals surface area contributed by atoms with Crippen LogP contribution in [0.4, 0.5) is 0 Å². The fourth-order valence-corrected chi connectivity index (χ4v) is 2.34. The first-order chi connectivity index (χ1) is 6.35. The Bertz CT molecular complexity index is 162. The third-order valence-electron chi connectivity index (χ3n) is 3.05. The lowest BCUT2D eigenvalue weighted by Gasteiger charge is -2.35. The normalized spacial score (nSPS) is 28.4. The fraction of sp³-hybridized carbons (Fsp3) is 1.00. The molecule has 2 rings (SSSR count). The Kier molecular flexibility index (Phi) is 2.86. The van der Waals surface area contributed by atoms with Crippen molar-refractivity contribution in [1.82, 2.24) is 5.32 Å². The van der Waals surface area contributed by atoms with E-state index in [0.717, 1.165) is 32.6 Å². The first-order valence-corrected chi connectivity index (χ1v) is 5.36. The molecule has 3 nitrogen and oxygen atoms in total. The number of hydrogen-bond acceptors (Lipinski definition) is 3. The van der Waals surface area contributed by atoms with Crippen LogP contribution in [0.15, 0.2) is 0 Å². The predicted molar refractivity (Wildman–Crippen MR) is 52.7 cm³/mol. The number of rotatable bonds is 2. The van der Waals surface area contributed by atoms with Gasteiger partial charge in [-0.15, -0.1) is 0 Å². The Labute approximate surface area is 81.3 Å². The maximum atomic E-state index is 5.66. The molecule has 1 aliphatic carbocycles. The third-order valence-corrected chi connectivity index (χ3v) is 3.05. The van der Waals surface area contributed by atoms with Crippen LogP contribution in [0.5, 0.6) is 0 Å². The summed E-state index contributed by atoms with van der Waals surface area (Å²) in [6.45, 7) is 4.80. The Morgan fingerprint density at radius 3 is 2.46 bits per heavy atom. The highest BCUT2D eigenvalue weighted by Gasteiger charge is 2.39. The molecule has 1 aliphatic heterocycles. The molecule has 0 atom stereocenters. The van der Waals surface area contributed by atoms with Gasteiger partial charge in [0.15, 0.2) is 5.79 Å².